The van der Waals surface area contributed by atoms with Crippen LogP contribution in [0.3, 0.4) is 0 Å². The molecule has 0 aliphatic carbocycles. The van der Waals surface area contributed by atoms with Gasteiger partial charge in [-0.1, -0.05) is 12.1 Å². The number of nitrogens with one attached hydrogen (secondary N) is 1. The largest absolute Gasteiger partial charge is 0.482 e. The highest BCUT2D eigenvalue weighted by atomic mass is 16.6. The molecule has 0 aromatic heterocycles. The number of para-hydroxylation sites is 2. The van der Waals surface area contributed by atoms with Crippen molar-refractivity contribution in [1.82, 2.24) is 5.32 Å². The van der Waals surface area contributed by atoms with Gasteiger partial charge < -0.3 is 19.5 Å². The van der Waals surface area contributed by atoms with E-state index in [0.717, 1.165) is 0 Å². The smallest absolute Gasteiger partial charge is 0.265 e. The van der Waals surface area contributed by atoms with E-state index >= 15 is 0 Å². The Morgan fingerprint density at radius 1 is 1.33 bits per heavy atom. The fraction of sp³-hybridized carbons (Fsp3) is 0.462. The van der Waals surface area contributed by atoms with Crippen LogP contribution < -0.4 is 14.8 Å². The van der Waals surface area contributed by atoms with Crippen LogP contribution in [0.15, 0.2) is 24.3 Å². The molecular weight excluding hydrogens is 234 g/mol. The lowest BCUT2D eigenvalue weighted by atomic mass is 10.1. The third-order valence-corrected chi connectivity index (χ3v) is 2.71. The van der Waals surface area contributed by atoms with Crippen molar-refractivity contribution >= 4 is 5.91 Å². The minimum Gasteiger partial charge on any atom is -0.482 e. The Bertz CT molecular complexity index is 421. The van der Waals surface area contributed by atoms with E-state index in [1.807, 2.05) is 25.1 Å². The van der Waals surface area contributed by atoms with Crippen LogP contribution in [-0.4, -0.2) is 38.4 Å². The van der Waals surface area contributed by atoms with Crippen molar-refractivity contribution in [3.05, 3.63) is 24.3 Å². The predicted molar refractivity (Wildman–Crippen MR) is 65.8 cm³/mol. The van der Waals surface area contributed by atoms with Gasteiger partial charge in [0, 0.05) is 13.7 Å². The van der Waals surface area contributed by atoms with Crippen molar-refractivity contribution < 1.29 is 19.0 Å². The van der Waals surface area contributed by atoms with Crippen molar-refractivity contribution in [3.8, 4) is 11.5 Å². The average Bonchev–Trinajstić information content (AvgIpc) is 2.38. The van der Waals surface area contributed by atoms with E-state index in [1.165, 1.54) is 0 Å². The molecule has 1 aliphatic rings. The molecule has 1 aliphatic heterocycles. The molecule has 0 saturated carbocycles. The monoisotopic (exact) mass is 251 g/mol. The van der Waals surface area contributed by atoms with Gasteiger partial charge in [-0.25, -0.2) is 0 Å². The average molecular weight is 251 g/mol. The van der Waals surface area contributed by atoms with Gasteiger partial charge in [-0.05, 0) is 19.1 Å². The molecule has 1 amide bonds. The molecule has 98 valence electrons. The Morgan fingerprint density at radius 3 is 2.67 bits per heavy atom. The summed E-state index contributed by atoms with van der Waals surface area (Å²) in [6.07, 6.45) is -0.945. The van der Waals surface area contributed by atoms with E-state index in [-0.39, 0.29) is 12.0 Å². The van der Waals surface area contributed by atoms with Crippen LogP contribution in [0.4, 0.5) is 0 Å². The Balaban J connectivity index is 2.00. The minimum absolute atomic E-state index is 0.186. The molecule has 5 heteroatoms. The first-order valence-electron chi connectivity index (χ1n) is 5.91. The number of hydrogen-bond acceptors (Lipinski definition) is 4. The fourth-order valence-electron chi connectivity index (χ4n) is 1.78. The van der Waals surface area contributed by atoms with E-state index in [9.17, 15) is 4.79 Å². The van der Waals surface area contributed by atoms with Crippen LogP contribution in [-0.2, 0) is 9.53 Å². The van der Waals surface area contributed by atoms with Crippen LogP contribution in [0.25, 0.3) is 0 Å². The molecule has 1 heterocycles. The molecule has 0 spiro atoms. The highest BCUT2D eigenvalue weighted by Gasteiger charge is 2.33. The molecule has 1 aromatic carbocycles. The number of rotatable bonds is 4. The number of carbonyl (C=O) groups is 1. The maximum atomic E-state index is 11.9. The quantitative estimate of drug-likeness (QED) is 0.810. The summed E-state index contributed by atoms with van der Waals surface area (Å²) < 4.78 is 16.2. The lowest BCUT2D eigenvalue weighted by molar-refractivity contribution is -0.133. The molecule has 2 atom stereocenters. The standard InChI is InChI=1S/C13H17NO4/c1-9-12(13(15)14-7-8-16-2)18-11-6-4-3-5-10(11)17-9/h3-6,9,12H,7-8H2,1-2H3,(H,14,15). The van der Waals surface area contributed by atoms with Gasteiger partial charge in [0.1, 0.15) is 6.10 Å². The number of hydrogen-bond donors (Lipinski definition) is 1. The van der Waals surface area contributed by atoms with E-state index in [1.54, 1.807) is 13.2 Å². The minimum atomic E-state index is -0.628. The second-order valence-electron chi connectivity index (χ2n) is 4.09. The third kappa shape index (κ3) is 2.73. The van der Waals surface area contributed by atoms with Crippen LogP contribution >= 0.6 is 0 Å². The molecule has 0 bridgehead atoms. The summed E-state index contributed by atoms with van der Waals surface area (Å²) in [5.41, 5.74) is 0. The van der Waals surface area contributed by atoms with E-state index in [0.29, 0.717) is 24.7 Å². The summed E-state index contributed by atoms with van der Waals surface area (Å²) in [6, 6.07) is 7.33. The summed E-state index contributed by atoms with van der Waals surface area (Å²) in [5, 5.41) is 2.75. The molecule has 5 nitrogen and oxygen atoms in total. The van der Waals surface area contributed by atoms with Gasteiger partial charge in [0.05, 0.1) is 6.61 Å². The first-order chi connectivity index (χ1) is 8.72. The first kappa shape index (κ1) is 12.7. The molecule has 2 unspecified atom stereocenters. The fourth-order valence-corrected chi connectivity index (χ4v) is 1.78. The number of methoxy groups -OCH3 is 1. The maximum absolute atomic E-state index is 11.9. The molecule has 2 rings (SSSR count). The van der Waals surface area contributed by atoms with Gasteiger partial charge >= 0.3 is 0 Å². The lowest BCUT2D eigenvalue weighted by Gasteiger charge is -2.30. The van der Waals surface area contributed by atoms with Crippen molar-refractivity contribution in [3.63, 3.8) is 0 Å². The Hall–Kier alpha value is -1.75. The molecule has 18 heavy (non-hydrogen) atoms. The Kier molecular flexibility index (Phi) is 4.04. The number of fused-ring (bicyclic) bond motifs is 1. The normalized spacial score (nSPS) is 21.4. The number of amides is 1. The van der Waals surface area contributed by atoms with Crippen molar-refractivity contribution in [2.24, 2.45) is 0 Å². The zero-order valence-electron chi connectivity index (χ0n) is 10.5. The lowest BCUT2D eigenvalue weighted by Crippen LogP contribution is -2.49. The summed E-state index contributed by atoms with van der Waals surface area (Å²) in [7, 11) is 1.59. The zero-order valence-corrected chi connectivity index (χ0v) is 10.5. The second kappa shape index (κ2) is 5.73. The number of carbonyl (C=O) groups excluding carboxylic acids is 1. The van der Waals surface area contributed by atoms with Crippen molar-refractivity contribution in [2.75, 3.05) is 20.3 Å². The molecule has 1 N–H and O–H groups in total. The van der Waals surface area contributed by atoms with Crippen LogP contribution in [0, 0.1) is 0 Å². The van der Waals surface area contributed by atoms with Gasteiger partial charge in [-0.2, -0.15) is 0 Å². The number of ether oxygens (including phenoxy) is 3. The van der Waals surface area contributed by atoms with Gasteiger partial charge in [0.25, 0.3) is 5.91 Å². The Labute approximate surface area is 106 Å². The molecule has 1 aromatic rings. The molecule has 0 saturated heterocycles. The maximum Gasteiger partial charge on any atom is 0.265 e. The van der Waals surface area contributed by atoms with Gasteiger partial charge in [0.2, 0.25) is 6.10 Å². The first-order valence-corrected chi connectivity index (χ1v) is 5.91. The van der Waals surface area contributed by atoms with E-state index in [4.69, 9.17) is 14.2 Å². The van der Waals surface area contributed by atoms with Gasteiger partial charge in [-0.3, -0.25) is 4.79 Å². The van der Waals surface area contributed by atoms with Crippen LogP contribution in [0.2, 0.25) is 0 Å². The van der Waals surface area contributed by atoms with Crippen molar-refractivity contribution in [2.45, 2.75) is 19.1 Å². The third-order valence-electron chi connectivity index (χ3n) is 2.71. The predicted octanol–water partition coefficient (Wildman–Crippen LogP) is 0.977. The molecular formula is C13H17NO4. The summed E-state index contributed by atoms with van der Waals surface area (Å²) in [5.74, 6) is 1.09. The van der Waals surface area contributed by atoms with Crippen LogP contribution in [0.5, 0.6) is 11.5 Å². The van der Waals surface area contributed by atoms with Crippen molar-refractivity contribution in [1.29, 1.82) is 0 Å². The highest BCUT2D eigenvalue weighted by Crippen LogP contribution is 2.33. The van der Waals surface area contributed by atoms with Gasteiger partial charge in [-0.15, -0.1) is 0 Å². The second-order valence-corrected chi connectivity index (χ2v) is 4.09. The summed E-state index contributed by atoms with van der Waals surface area (Å²) >= 11 is 0. The van der Waals surface area contributed by atoms with E-state index < -0.39 is 6.10 Å². The van der Waals surface area contributed by atoms with Crippen LogP contribution in [0.1, 0.15) is 6.92 Å². The Morgan fingerprint density at radius 2 is 2.00 bits per heavy atom. The summed E-state index contributed by atoms with van der Waals surface area (Å²) in [6.45, 7) is 2.75. The van der Waals surface area contributed by atoms with E-state index in [2.05, 4.69) is 5.32 Å². The number of benzene rings is 1. The summed E-state index contributed by atoms with van der Waals surface area (Å²) in [4.78, 5) is 11.9. The van der Waals surface area contributed by atoms with Gasteiger partial charge in [0.15, 0.2) is 11.5 Å². The topological polar surface area (TPSA) is 56.8 Å². The molecule has 0 radical (unpaired) electrons. The highest BCUT2D eigenvalue weighted by molar-refractivity contribution is 5.82. The SMILES string of the molecule is COCCNC(=O)C1Oc2ccccc2OC1C. The zero-order chi connectivity index (χ0) is 13.0. The molecule has 0 fully saturated rings.